The van der Waals surface area contributed by atoms with E-state index in [1.54, 1.807) is 0 Å². The van der Waals surface area contributed by atoms with Crippen LogP contribution in [0.2, 0.25) is 0 Å². The Kier molecular flexibility index (Phi) is 1.51. The molecular formula is C6H6ClN. The van der Waals surface area contributed by atoms with Crippen LogP contribution < -0.4 is 5.25 Å². The number of rotatable bonds is 0. The molecule has 42 valence electrons. The number of fused-ring (bicyclic) bond motifs is 1. The summed E-state index contributed by atoms with van der Waals surface area (Å²) in [5.41, 5.74) is 2.85. The molecule has 2 heteroatoms. The molecule has 0 saturated carbocycles. The van der Waals surface area contributed by atoms with Gasteiger partial charge in [0.1, 0.15) is 0 Å². The van der Waals surface area contributed by atoms with Gasteiger partial charge in [0.15, 0.2) is 0 Å². The first-order chi connectivity index (χ1) is 3.97. The Labute approximate surface area is 53.2 Å². The van der Waals surface area contributed by atoms with Gasteiger partial charge in [-0.2, -0.15) is 0 Å². The molecule has 0 aromatic rings. The molecule has 0 amide bonds. The van der Waals surface area contributed by atoms with Gasteiger partial charge in [0.2, 0.25) is 0 Å². The van der Waals surface area contributed by atoms with E-state index in [4.69, 9.17) is 0 Å². The zero-order valence-corrected chi connectivity index (χ0v) is 5.02. The second-order valence-electron chi connectivity index (χ2n) is 1.58. The Balaban J connectivity index is 0.000000147. The van der Waals surface area contributed by atoms with Crippen LogP contribution in [0.4, 0.5) is 0 Å². The van der Waals surface area contributed by atoms with Crippen molar-refractivity contribution in [2.75, 3.05) is 0 Å². The van der Waals surface area contributed by atoms with Crippen molar-refractivity contribution < 1.29 is 0 Å². The van der Waals surface area contributed by atoms with Crippen LogP contribution in [0, 0.1) is 0 Å². The van der Waals surface area contributed by atoms with E-state index in [2.05, 4.69) is 41.3 Å². The average molecular weight is 128 g/mol. The van der Waals surface area contributed by atoms with Gasteiger partial charge in [-0.15, -0.1) is 0 Å². The lowest BCUT2D eigenvalue weighted by Crippen LogP contribution is -1.85. The van der Waals surface area contributed by atoms with Crippen LogP contribution in [0.25, 0.3) is 11.1 Å². The molecule has 0 aromatic heterocycles. The van der Waals surface area contributed by atoms with Gasteiger partial charge >= 0.3 is 0 Å². The normalized spacial score (nSPS) is 9.25. The summed E-state index contributed by atoms with van der Waals surface area (Å²) in [7, 11) is 0. The number of benzene rings is 1. The van der Waals surface area contributed by atoms with Crippen molar-refractivity contribution in [2.45, 2.75) is 0 Å². The Morgan fingerprint density at radius 2 is 1.12 bits per heavy atom. The lowest BCUT2D eigenvalue weighted by atomic mass is 9.95. The minimum atomic E-state index is 1.43. The van der Waals surface area contributed by atoms with Crippen molar-refractivity contribution in [1.29, 1.82) is 0 Å². The minimum Gasteiger partial charge on any atom is -0.247 e. The Hall–Kier alpha value is -0.530. The fourth-order valence-corrected chi connectivity index (χ4v) is 0.663. The van der Waals surface area contributed by atoms with Crippen molar-refractivity contribution >= 4 is 11.8 Å². The highest BCUT2D eigenvalue weighted by Gasteiger charge is 2.03. The molecule has 0 saturated heterocycles. The number of halogens is 1. The van der Waals surface area contributed by atoms with E-state index in [1.165, 1.54) is 11.1 Å². The first-order valence-corrected chi connectivity index (χ1v) is 2.73. The summed E-state index contributed by atoms with van der Waals surface area (Å²) >= 11 is 4.14. The highest BCUT2D eigenvalue weighted by atomic mass is 35.5. The summed E-state index contributed by atoms with van der Waals surface area (Å²) < 4.78 is 0. The third-order valence-corrected chi connectivity index (χ3v) is 1.22. The SMILES string of the molecule is NCl.c1cc2ccc1-2. The van der Waals surface area contributed by atoms with E-state index in [0.717, 1.165) is 0 Å². The quantitative estimate of drug-likeness (QED) is 0.537. The maximum absolute atomic E-state index is 4.14. The fraction of sp³-hybridized carbons (Fsp3) is 0. The predicted molar refractivity (Wildman–Crippen MR) is 35.5 cm³/mol. The van der Waals surface area contributed by atoms with Gasteiger partial charge in [-0.25, -0.2) is 5.25 Å². The lowest BCUT2D eigenvalue weighted by molar-refractivity contribution is 1.55. The Bertz CT molecular complexity index is 147. The van der Waals surface area contributed by atoms with E-state index >= 15 is 0 Å². The molecule has 0 spiro atoms. The third-order valence-electron chi connectivity index (χ3n) is 1.22. The molecule has 0 atom stereocenters. The van der Waals surface area contributed by atoms with Crippen LogP contribution in [0.1, 0.15) is 0 Å². The molecule has 0 bridgehead atoms. The molecule has 0 radical (unpaired) electrons. The van der Waals surface area contributed by atoms with Crippen LogP contribution in [0.3, 0.4) is 0 Å². The van der Waals surface area contributed by atoms with Gasteiger partial charge in [-0.3, -0.25) is 0 Å². The van der Waals surface area contributed by atoms with E-state index in [9.17, 15) is 0 Å². The molecule has 1 nitrogen and oxygen atoms in total. The average Bonchev–Trinajstić information content (AvgIpc) is 1.83. The molecule has 2 rings (SSSR count). The highest BCUT2D eigenvalue weighted by molar-refractivity contribution is 6.11. The molecule has 0 unspecified atom stereocenters. The van der Waals surface area contributed by atoms with Crippen molar-refractivity contribution in [3.63, 3.8) is 0 Å². The largest absolute Gasteiger partial charge is 0.247 e. The monoisotopic (exact) mass is 127 g/mol. The Morgan fingerprint density at radius 3 is 1.12 bits per heavy atom. The zero-order chi connectivity index (χ0) is 5.98. The van der Waals surface area contributed by atoms with Crippen LogP contribution in [0.5, 0.6) is 0 Å². The topological polar surface area (TPSA) is 26.0 Å². The predicted octanol–water partition coefficient (Wildman–Crippen LogP) is 1.77. The van der Waals surface area contributed by atoms with Gasteiger partial charge in [0.05, 0.1) is 0 Å². The summed E-state index contributed by atoms with van der Waals surface area (Å²) in [6.07, 6.45) is 0. The van der Waals surface area contributed by atoms with Crippen molar-refractivity contribution in [2.24, 2.45) is 5.25 Å². The molecular weight excluding hydrogens is 122 g/mol. The van der Waals surface area contributed by atoms with Crippen molar-refractivity contribution in [1.82, 2.24) is 0 Å². The summed E-state index contributed by atoms with van der Waals surface area (Å²) in [4.78, 5) is 0. The molecule has 0 aromatic carbocycles. The summed E-state index contributed by atoms with van der Waals surface area (Å²) in [6.45, 7) is 0. The second kappa shape index (κ2) is 2.16. The minimum absolute atomic E-state index is 1.43. The van der Waals surface area contributed by atoms with Gasteiger partial charge < -0.3 is 0 Å². The standard InChI is InChI=1S/C6H4.ClH2N/c1-2-6-4-3-5(1)6;1-2/h1-4H;2H2. The van der Waals surface area contributed by atoms with E-state index in [0.29, 0.717) is 0 Å². The summed E-state index contributed by atoms with van der Waals surface area (Å²) in [6, 6.07) is 8.48. The first kappa shape index (κ1) is 5.60. The second-order valence-corrected chi connectivity index (χ2v) is 1.58. The zero-order valence-electron chi connectivity index (χ0n) is 4.26. The fourth-order valence-electron chi connectivity index (χ4n) is 0.663. The maximum Gasteiger partial charge on any atom is -0.0184 e. The van der Waals surface area contributed by atoms with Crippen LogP contribution in [0.15, 0.2) is 24.3 Å². The first-order valence-electron chi connectivity index (χ1n) is 2.29. The van der Waals surface area contributed by atoms with Crippen molar-refractivity contribution in [3.8, 4) is 11.1 Å². The summed E-state index contributed by atoms with van der Waals surface area (Å²) in [5, 5.41) is 3.97. The lowest BCUT2D eigenvalue weighted by Gasteiger charge is -2.10. The van der Waals surface area contributed by atoms with Gasteiger partial charge in [0, 0.05) is 0 Å². The Morgan fingerprint density at radius 1 is 0.875 bits per heavy atom. The molecule has 0 aliphatic heterocycles. The van der Waals surface area contributed by atoms with Crippen LogP contribution in [-0.2, 0) is 0 Å². The summed E-state index contributed by atoms with van der Waals surface area (Å²) in [5.74, 6) is 0. The van der Waals surface area contributed by atoms with Crippen LogP contribution in [-0.4, -0.2) is 0 Å². The van der Waals surface area contributed by atoms with E-state index in [-0.39, 0.29) is 0 Å². The maximum atomic E-state index is 4.14. The molecule has 2 N–H and O–H groups in total. The molecule has 2 aliphatic rings. The van der Waals surface area contributed by atoms with Crippen LogP contribution >= 0.6 is 11.8 Å². The van der Waals surface area contributed by atoms with Gasteiger partial charge in [-0.05, 0) is 22.9 Å². The molecule has 0 fully saturated rings. The van der Waals surface area contributed by atoms with Crippen molar-refractivity contribution in [3.05, 3.63) is 24.3 Å². The number of hydrogen-bond donors (Lipinski definition) is 1. The number of hydrogen-bond acceptors (Lipinski definition) is 1. The number of nitrogens with two attached hydrogens (primary N) is 1. The van der Waals surface area contributed by atoms with E-state index in [1.807, 2.05) is 0 Å². The third kappa shape index (κ3) is 0.602. The molecule has 0 heterocycles. The highest BCUT2D eigenvalue weighted by Crippen LogP contribution is 2.29. The molecule has 2 aliphatic carbocycles. The molecule has 8 heavy (non-hydrogen) atoms. The van der Waals surface area contributed by atoms with E-state index < -0.39 is 0 Å². The smallest absolute Gasteiger partial charge is 0.0184 e. The van der Waals surface area contributed by atoms with Gasteiger partial charge in [0.25, 0.3) is 0 Å². The van der Waals surface area contributed by atoms with Gasteiger partial charge in [-0.1, -0.05) is 24.3 Å².